The van der Waals surface area contributed by atoms with Crippen LogP contribution in [0.5, 0.6) is 17.2 Å². The normalized spacial score (nSPS) is 10.2. The van der Waals surface area contributed by atoms with Crippen LogP contribution in [0.4, 0.5) is 5.69 Å². The zero-order valence-corrected chi connectivity index (χ0v) is 10.2. The van der Waals surface area contributed by atoms with Gasteiger partial charge in [-0.15, -0.1) is 0 Å². The van der Waals surface area contributed by atoms with E-state index in [0.29, 0.717) is 5.69 Å². The largest absolute Gasteiger partial charge is 0.508 e. The lowest BCUT2D eigenvalue weighted by Crippen LogP contribution is -2.26. The zero-order valence-electron chi connectivity index (χ0n) is 10.2. The molecule has 5 heteroatoms. The molecule has 2 aromatic rings. The molecular weight excluding hydrogens is 246 g/mol. The van der Waals surface area contributed by atoms with E-state index >= 15 is 0 Å². The van der Waals surface area contributed by atoms with E-state index in [2.05, 4.69) is 0 Å². The van der Waals surface area contributed by atoms with Crippen LogP contribution in [0.2, 0.25) is 0 Å². The Morgan fingerprint density at radius 1 is 0.947 bits per heavy atom. The van der Waals surface area contributed by atoms with E-state index in [-0.39, 0.29) is 22.8 Å². The number of hydrogen-bond donors (Lipinski definition) is 3. The van der Waals surface area contributed by atoms with Gasteiger partial charge in [-0.25, -0.2) is 0 Å². The van der Waals surface area contributed by atoms with Crippen LogP contribution in [0.25, 0.3) is 0 Å². The van der Waals surface area contributed by atoms with E-state index in [1.54, 1.807) is 12.1 Å². The lowest BCUT2D eigenvalue weighted by molar-refractivity contribution is 0.0992. The third kappa shape index (κ3) is 2.77. The maximum absolute atomic E-state index is 12.2. The molecule has 0 fully saturated rings. The molecule has 0 saturated carbocycles. The molecule has 0 bridgehead atoms. The average Bonchev–Trinajstić information content (AvgIpc) is 2.36. The standard InChI is InChI=1S/C14H13NO4/c1-15(10-3-2-4-11(16)7-10)14(19)9-5-12(17)8-13(18)6-9/h2-8,16-18H,1H3. The molecule has 5 nitrogen and oxygen atoms in total. The van der Waals surface area contributed by atoms with Crippen molar-refractivity contribution in [2.24, 2.45) is 0 Å². The number of hydrogen-bond acceptors (Lipinski definition) is 4. The summed E-state index contributed by atoms with van der Waals surface area (Å²) in [6, 6.07) is 9.91. The van der Waals surface area contributed by atoms with Crippen LogP contribution in [0.1, 0.15) is 10.4 Å². The molecule has 0 heterocycles. The first-order valence-corrected chi connectivity index (χ1v) is 5.57. The second-order valence-electron chi connectivity index (χ2n) is 4.12. The fourth-order valence-electron chi connectivity index (χ4n) is 1.73. The summed E-state index contributed by atoms with van der Waals surface area (Å²) in [6.07, 6.45) is 0. The highest BCUT2D eigenvalue weighted by Crippen LogP contribution is 2.24. The molecule has 0 aliphatic heterocycles. The number of anilines is 1. The van der Waals surface area contributed by atoms with E-state index in [1.165, 1.54) is 36.2 Å². The van der Waals surface area contributed by atoms with Gasteiger partial charge in [-0.05, 0) is 24.3 Å². The molecule has 0 aliphatic rings. The number of phenolic OH excluding ortho intramolecular Hbond substituents is 3. The van der Waals surface area contributed by atoms with Crippen LogP contribution in [0.3, 0.4) is 0 Å². The van der Waals surface area contributed by atoms with Gasteiger partial charge in [0.1, 0.15) is 17.2 Å². The van der Waals surface area contributed by atoms with Gasteiger partial charge in [0.15, 0.2) is 0 Å². The molecule has 0 unspecified atom stereocenters. The molecule has 2 aromatic carbocycles. The Hall–Kier alpha value is -2.69. The summed E-state index contributed by atoms with van der Waals surface area (Å²) < 4.78 is 0. The van der Waals surface area contributed by atoms with Gasteiger partial charge in [-0.3, -0.25) is 4.79 Å². The van der Waals surface area contributed by atoms with E-state index in [0.717, 1.165) is 6.07 Å². The van der Waals surface area contributed by atoms with Gasteiger partial charge in [0, 0.05) is 30.4 Å². The van der Waals surface area contributed by atoms with Gasteiger partial charge in [0.2, 0.25) is 0 Å². The number of aromatic hydroxyl groups is 3. The quantitative estimate of drug-likeness (QED) is 0.771. The molecule has 0 radical (unpaired) electrons. The molecule has 19 heavy (non-hydrogen) atoms. The highest BCUT2D eigenvalue weighted by Gasteiger charge is 2.15. The molecule has 0 atom stereocenters. The van der Waals surface area contributed by atoms with Gasteiger partial charge >= 0.3 is 0 Å². The van der Waals surface area contributed by atoms with Gasteiger partial charge in [-0.1, -0.05) is 6.07 Å². The summed E-state index contributed by atoms with van der Waals surface area (Å²) in [5.74, 6) is -0.729. The van der Waals surface area contributed by atoms with E-state index < -0.39 is 5.91 Å². The Kier molecular flexibility index (Phi) is 3.29. The SMILES string of the molecule is CN(C(=O)c1cc(O)cc(O)c1)c1cccc(O)c1. The van der Waals surface area contributed by atoms with E-state index in [1.807, 2.05) is 0 Å². The number of nitrogens with zero attached hydrogens (tertiary/aromatic N) is 1. The summed E-state index contributed by atoms with van der Waals surface area (Å²) >= 11 is 0. The van der Waals surface area contributed by atoms with Crippen molar-refractivity contribution in [3.8, 4) is 17.2 Å². The predicted molar refractivity (Wildman–Crippen MR) is 70.6 cm³/mol. The van der Waals surface area contributed by atoms with Gasteiger partial charge in [0.25, 0.3) is 5.91 Å². The monoisotopic (exact) mass is 259 g/mol. The first-order valence-electron chi connectivity index (χ1n) is 5.57. The fraction of sp³-hybridized carbons (Fsp3) is 0.0714. The maximum atomic E-state index is 12.2. The molecule has 0 aromatic heterocycles. The molecule has 98 valence electrons. The van der Waals surface area contributed by atoms with Crippen molar-refractivity contribution in [1.29, 1.82) is 0 Å². The molecule has 3 N–H and O–H groups in total. The number of benzene rings is 2. The van der Waals surface area contributed by atoms with Crippen LogP contribution in [0, 0.1) is 0 Å². The number of phenols is 3. The Balaban J connectivity index is 2.33. The second kappa shape index (κ2) is 4.89. The van der Waals surface area contributed by atoms with Crippen molar-refractivity contribution in [2.45, 2.75) is 0 Å². The highest BCUT2D eigenvalue weighted by molar-refractivity contribution is 6.06. The molecule has 0 spiro atoms. The van der Waals surface area contributed by atoms with Crippen molar-refractivity contribution >= 4 is 11.6 Å². The molecular formula is C14H13NO4. The van der Waals surface area contributed by atoms with Crippen molar-refractivity contribution in [2.75, 3.05) is 11.9 Å². The lowest BCUT2D eigenvalue weighted by Gasteiger charge is -2.17. The average molecular weight is 259 g/mol. The van der Waals surface area contributed by atoms with Crippen LogP contribution >= 0.6 is 0 Å². The number of rotatable bonds is 2. The minimum absolute atomic E-state index is 0.0518. The third-order valence-electron chi connectivity index (χ3n) is 2.67. The van der Waals surface area contributed by atoms with Crippen LogP contribution < -0.4 is 4.90 Å². The summed E-state index contributed by atoms with van der Waals surface area (Å²) in [6.45, 7) is 0. The number of carbonyl (C=O) groups is 1. The fourth-order valence-corrected chi connectivity index (χ4v) is 1.73. The molecule has 0 saturated heterocycles. The first kappa shape index (κ1) is 12.8. The highest BCUT2D eigenvalue weighted by atomic mass is 16.3. The maximum Gasteiger partial charge on any atom is 0.258 e. The Bertz CT molecular complexity index is 604. The Labute approximate surface area is 110 Å². The Morgan fingerprint density at radius 2 is 1.58 bits per heavy atom. The summed E-state index contributed by atoms with van der Waals surface area (Å²) in [5.41, 5.74) is 0.663. The van der Waals surface area contributed by atoms with Crippen molar-refractivity contribution < 1.29 is 20.1 Å². The van der Waals surface area contributed by atoms with Crippen LogP contribution in [-0.4, -0.2) is 28.3 Å². The van der Waals surface area contributed by atoms with Crippen molar-refractivity contribution in [1.82, 2.24) is 0 Å². The number of carbonyl (C=O) groups excluding carboxylic acids is 1. The second-order valence-corrected chi connectivity index (χ2v) is 4.12. The van der Waals surface area contributed by atoms with Crippen molar-refractivity contribution in [3.05, 3.63) is 48.0 Å². The minimum atomic E-state index is -0.406. The zero-order chi connectivity index (χ0) is 14.0. The molecule has 0 aliphatic carbocycles. The van der Waals surface area contributed by atoms with Gasteiger partial charge in [0.05, 0.1) is 0 Å². The van der Waals surface area contributed by atoms with Crippen LogP contribution in [-0.2, 0) is 0 Å². The van der Waals surface area contributed by atoms with E-state index in [4.69, 9.17) is 0 Å². The summed E-state index contributed by atoms with van der Waals surface area (Å²) in [7, 11) is 1.54. The van der Waals surface area contributed by atoms with Crippen molar-refractivity contribution in [3.63, 3.8) is 0 Å². The molecule has 2 rings (SSSR count). The summed E-state index contributed by atoms with van der Waals surface area (Å²) in [4.78, 5) is 13.5. The summed E-state index contributed by atoms with van der Waals surface area (Å²) in [5, 5.41) is 28.1. The lowest BCUT2D eigenvalue weighted by atomic mass is 10.1. The number of amides is 1. The van der Waals surface area contributed by atoms with Gasteiger partial charge in [-0.2, -0.15) is 0 Å². The Morgan fingerprint density at radius 3 is 2.16 bits per heavy atom. The topological polar surface area (TPSA) is 81.0 Å². The molecule has 1 amide bonds. The predicted octanol–water partition coefficient (Wildman–Crippen LogP) is 2.08. The third-order valence-corrected chi connectivity index (χ3v) is 2.67. The first-order chi connectivity index (χ1) is 8.97. The smallest absolute Gasteiger partial charge is 0.258 e. The van der Waals surface area contributed by atoms with E-state index in [9.17, 15) is 20.1 Å². The van der Waals surface area contributed by atoms with Gasteiger partial charge < -0.3 is 20.2 Å². The van der Waals surface area contributed by atoms with Crippen LogP contribution in [0.15, 0.2) is 42.5 Å². The minimum Gasteiger partial charge on any atom is -0.508 e.